The number of halogens is 2. The van der Waals surface area contributed by atoms with Gasteiger partial charge in [0.2, 0.25) is 0 Å². The van der Waals surface area contributed by atoms with E-state index in [1.807, 2.05) is 25.2 Å². The van der Waals surface area contributed by atoms with Crippen LogP contribution in [0.5, 0.6) is 0 Å². The van der Waals surface area contributed by atoms with Gasteiger partial charge in [0, 0.05) is 18.1 Å². The largest absolute Gasteiger partial charge is 0.397 e. The van der Waals surface area contributed by atoms with E-state index in [1.165, 1.54) is 5.56 Å². The third-order valence-corrected chi connectivity index (χ3v) is 3.65. The van der Waals surface area contributed by atoms with Gasteiger partial charge in [0.1, 0.15) is 5.82 Å². The summed E-state index contributed by atoms with van der Waals surface area (Å²) >= 11 is 6.91. The lowest BCUT2D eigenvalue weighted by Crippen LogP contribution is -2.18. The van der Waals surface area contributed by atoms with E-state index in [4.69, 9.17) is 5.73 Å². The number of aromatic nitrogens is 1. The van der Waals surface area contributed by atoms with Gasteiger partial charge >= 0.3 is 0 Å². The molecule has 0 spiro atoms. The lowest BCUT2D eigenvalue weighted by molar-refractivity contribution is 0.894. The molecule has 0 atom stereocenters. The third-order valence-electron chi connectivity index (χ3n) is 2.54. The molecule has 18 heavy (non-hydrogen) atoms. The van der Waals surface area contributed by atoms with Crippen molar-refractivity contribution in [2.24, 2.45) is 0 Å². The molecular formula is C13H13Br2N3. The monoisotopic (exact) mass is 369 g/mol. The molecule has 5 heteroatoms. The molecule has 0 radical (unpaired) electrons. The topological polar surface area (TPSA) is 42.2 Å². The molecule has 0 unspecified atom stereocenters. The number of anilines is 2. The molecule has 0 saturated carbocycles. The fourth-order valence-corrected chi connectivity index (χ4v) is 2.60. The van der Waals surface area contributed by atoms with Crippen LogP contribution in [0.4, 0.5) is 11.5 Å². The molecule has 0 saturated heterocycles. The lowest BCUT2D eigenvalue weighted by atomic mass is 10.2. The first-order valence-electron chi connectivity index (χ1n) is 5.43. The molecule has 2 rings (SSSR count). The highest BCUT2D eigenvalue weighted by Gasteiger charge is 2.08. The van der Waals surface area contributed by atoms with Crippen molar-refractivity contribution in [3.8, 4) is 0 Å². The maximum atomic E-state index is 5.68. The fraction of sp³-hybridized carbons (Fsp3) is 0.154. The summed E-state index contributed by atoms with van der Waals surface area (Å²) in [5.74, 6) is 0.882. The van der Waals surface area contributed by atoms with Gasteiger partial charge in [-0.25, -0.2) is 4.98 Å². The zero-order valence-electron chi connectivity index (χ0n) is 9.90. The lowest BCUT2D eigenvalue weighted by Gasteiger charge is -2.19. The zero-order chi connectivity index (χ0) is 13.1. The van der Waals surface area contributed by atoms with Crippen LogP contribution in [-0.2, 0) is 6.54 Å². The van der Waals surface area contributed by atoms with E-state index in [-0.39, 0.29) is 0 Å². The minimum atomic E-state index is 0.655. The van der Waals surface area contributed by atoms with E-state index in [9.17, 15) is 0 Å². The van der Waals surface area contributed by atoms with Gasteiger partial charge in [-0.05, 0) is 39.7 Å². The van der Waals surface area contributed by atoms with E-state index in [2.05, 4.69) is 53.9 Å². The minimum absolute atomic E-state index is 0.655. The highest BCUT2D eigenvalue weighted by molar-refractivity contribution is 9.10. The van der Waals surface area contributed by atoms with Crippen molar-refractivity contribution in [2.45, 2.75) is 6.54 Å². The summed E-state index contributed by atoms with van der Waals surface area (Å²) in [6.45, 7) is 0.794. The number of benzene rings is 1. The van der Waals surface area contributed by atoms with Gasteiger partial charge in [-0.3, -0.25) is 0 Å². The Labute approximate surface area is 123 Å². The summed E-state index contributed by atoms with van der Waals surface area (Å²) in [7, 11) is 2.01. The van der Waals surface area contributed by atoms with Gasteiger partial charge in [0.05, 0.1) is 16.4 Å². The van der Waals surface area contributed by atoms with Crippen LogP contribution in [0, 0.1) is 0 Å². The summed E-state index contributed by atoms with van der Waals surface area (Å²) in [4.78, 5) is 6.41. The summed E-state index contributed by atoms with van der Waals surface area (Å²) < 4.78 is 1.99. The summed E-state index contributed by atoms with van der Waals surface area (Å²) in [6.07, 6.45) is 1.66. The number of hydrogen-bond acceptors (Lipinski definition) is 3. The second-order valence-corrected chi connectivity index (χ2v) is 5.83. The molecule has 94 valence electrons. The first-order valence-corrected chi connectivity index (χ1v) is 7.01. The van der Waals surface area contributed by atoms with Crippen molar-refractivity contribution in [3.05, 3.63) is 51.0 Å². The molecule has 2 aromatic rings. The zero-order valence-corrected chi connectivity index (χ0v) is 13.1. The smallest absolute Gasteiger partial charge is 0.143 e. The Morgan fingerprint density at radius 2 is 1.89 bits per heavy atom. The van der Waals surface area contributed by atoms with Crippen LogP contribution in [-0.4, -0.2) is 12.0 Å². The Bertz CT molecular complexity index is 540. The van der Waals surface area contributed by atoms with Crippen molar-refractivity contribution in [1.29, 1.82) is 0 Å². The molecule has 1 aromatic heterocycles. The number of nitrogens with two attached hydrogens (primary N) is 1. The SMILES string of the molecule is CN(Cc1ccc(Br)cc1)c1ncc(N)cc1Br. The molecule has 3 nitrogen and oxygen atoms in total. The summed E-state index contributed by atoms with van der Waals surface area (Å²) in [6, 6.07) is 10.1. The fourth-order valence-electron chi connectivity index (χ4n) is 1.66. The highest BCUT2D eigenvalue weighted by Crippen LogP contribution is 2.25. The normalized spacial score (nSPS) is 10.4. The third kappa shape index (κ3) is 3.23. The Kier molecular flexibility index (Phi) is 4.24. The van der Waals surface area contributed by atoms with Gasteiger partial charge in [-0.1, -0.05) is 28.1 Å². The van der Waals surface area contributed by atoms with Crippen LogP contribution in [0.1, 0.15) is 5.56 Å². The summed E-state index contributed by atoms with van der Waals surface area (Å²) in [5, 5.41) is 0. The van der Waals surface area contributed by atoms with Crippen LogP contribution in [0.2, 0.25) is 0 Å². The number of nitrogen functional groups attached to an aromatic ring is 1. The average molecular weight is 371 g/mol. The summed E-state index contributed by atoms with van der Waals surface area (Å²) in [5.41, 5.74) is 7.56. The van der Waals surface area contributed by atoms with Gasteiger partial charge < -0.3 is 10.6 Å². The molecule has 0 fully saturated rings. The molecule has 0 aliphatic carbocycles. The predicted molar refractivity (Wildman–Crippen MR) is 82.6 cm³/mol. The van der Waals surface area contributed by atoms with E-state index in [0.717, 1.165) is 21.3 Å². The molecule has 1 heterocycles. The van der Waals surface area contributed by atoms with Gasteiger partial charge in [-0.2, -0.15) is 0 Å². The quantitative estimate of drug-likeness (QED) is 0.892. The van der Waals surface area contributed by atoms with Crippen LogP contribution < -0.4 is 10.6 Å². The van der Waals surface area contributed by atoms with Crippen LogP contribution in [0.3, 0.4) is 0 Å². The van der Waals surface area contributed by atoms with Crippen molar-refractivity contribution in [3.63, 3.8) is 0 Å². The minimum Gasteiger partial charge on any atom is -0.397 e. The van der Waals surface area contributed by atoms with Gasteiger partial charge in [0.25, 0.3) is 0 Å². The van der Waals surface area contributed by atoms with Crippen molar-refractivity contribution >= 4 is 43.4 Å². The molecular weight excluding hydrogens is 358 g/mol. The Morgan fingerprint density at radius 1 is 1.22 bits per heavy atom. The number of pyridine rings is 1. The molecule has 1 aromatic carbocycles. The molecule has 0 amide bonds. The van der Waals surface area contributed by atoms with Crippen molar-refractivity contribution in [1.82, 2.24) is 4.98 Å². The number of hydrogen-bond donors (Lipinski definition) is 1. The van der Waals surface area contributed by atoms with Crippen LogP contribution in [0.25, 0.3) is 0 Å². The van der Waals surface area contributed by atoms with Crippen LogP contribution in [0.15, 0.2) is 45.5 Å². The maximum absolute atomic E-state index is 5.68. The number of nitrogens with zero attached hydrogens (tertiary/aromatic N) is 2. The first-order chi connectivity index (χ1) is 8.56. The second-order valence-electron chi connectivity index (χ2n) is 4.06. The Morgan fingerprint density at radius 3 is 2.50 bits per heavy atom. The molecule has 0 bridgehead atoms. The van der Waals surface area contributed by atoms with E-state index >= 15 is 0 Å². The predicted octanol–water partition coefficient (Wildman–Crippen LogP) is 3.83. The maximum Gasteiger partial charge on any atom is 0.143 e. The highest BCUT2D eigenvalue weighted by atomic mass is 79.9. The molecule has 2 N–H and O–H groups in total. The van der Waals surface area contributed by atoms with Crippen molar-refractivity contribution < 1.29 is 0 Å². The Balaban J connectivity index is 2.16. The Hall–Kier alpha value is -1.07. The average Bonchev–Trinajstić information content (AvgIpc) is 2.32. The molecule has 0 aliphatic heterocycles. The van der Waals surface area contributed by atoms with Crippen molar-refractivity contribution in [2.75, 3.05) is 17.7 Å². The van der Waals surface area contributed by atoms with Crippen LogP contribution >= 0.6 is 31.9 Å². The molecule has 0 aliphatic rings. The second kappa shape index (κ2) is 5.71. The van der Waals surface area contributed by atoms with Gasteiger partial charge in [0.15, 0.2) is 0 Å². The van der Waals surface area contributed by atoms with E-state index in [0.29, 0.717) is 5.69 Å². The first kappa shape index (κ1) is 13.4. The van der Waals surface area contributed by atoms with Gasteiger partial charge in [-0.15, -0.1) is 0 Å². The van der Waals surface area contributed by atoms with E-state index in [1.54, 1.807) is 6.20 Å². The van der Waals surface area contributed by atoms with E-state index < -0.39 is 0 Å². The standard InChI is InChI=1S/C13H13Br2N3/c1-18(8-9-2-4-10(14)5-3-9)13-12(15)6-11(16)7-17-13/h2-7H,8,16H2,1H3. The number of rotatable bonds is 3.